The highest BCUT2D eigenvalue weighted by Crippen LogP contribution is 2.40. The third-order valence-electron chi connectivity index (χ3n) is 2.76. The highest BCUT2D eigenvalue weighted by molar-refractivity contribution is 6.03. The van der Waals surface area contributed by atoms with Crippen LogP contribution in [0.2, 0.25) is 0 Å². The molecule has 5 nitrogen and oxygen atoms in total. The van der Waals surface area contributed by atoms with Crippen molar-refractivity contribution in [3.8, 4) is 0 Å². The van der Waals surface area contributed by atoms with Crippen LogP contribution in [-0.2, 0) is 23.8 Å². The van der Waals surface area contributed by atoms with Crippen LogP contribution in [0.3, 0.4) is 0 Å². The molecular formula is C10H12O5. The van der Waals surface area contributed by atoms with E-state index in [-0.39, 0.29) is 12.2 Å². The van der Waals surface area contributed by atoms with Gasteiger partial charge >= 0.3 is 11.9 Å². The second kappa shape index (κ2) is 3.66. The summed E-state index contributed by atoms with van der Waals surface area (Å²) >= 11 is 0. The van der Waals surface area contributed by atoms with Gasteiger partial charge in [-0.15, -0.1) is 0 Å². The molecule has 1 fully saturated rings. The van der Waals surface area contributed by atoms with E-state index in [4.69, 9.17) is 4.74 Å². The molecule has 2 rings (SSSR count). The SMILES string of the molecule is COC(=O)C1=C(C(=O)OC)C2CCC1O2. The lowest BCUT2D eigenvalue weighted by Crippen LogP contribution is -2.23. The molecule has 5 heteroatoms. The van der Waals surface area contributed by atoms with Gasteiger partial charge in [-0.3, -0.25) is 0 Å². The fourth-order valence-corrected chi connectivity index (χ4v) is 2.11. The Bertz CT molecular complexity index is 312. The molecule has 0 spiro atoms. The number of methoxy groups -OCH3 is 2. The Kier molecular flexibility index (Phi) is 2.48. The van der Waals surface area contributed by atoms with Gasteiger partial charge in [-0.25, -0.2) is 9.59 Å². The molecule has 0 aromatic rings. The van der Waals surface area contributed by atoms with Crippen molar-refractivity contribution in [2.75, 3.05) is 14.2 Å². The second-order valence-electron chi connectivity index (χ2n) is 3.50. The third-order valence-corrected chi connectivity index (χ3v) is 2.76. The average molecular weight is 212 g/mol. The summed E-state index contributed by atoms with van der Waals surface area (Å²) in [6.45, 7) is 0. The molecule has 0 amide bonds. The summed E-state index contributed by atoms with van der Waals surface area (Å²) in [6, 6.07) is 0. The zero-order valence-electron chi connectivity index (χ0n) is 8.61. The van der Waals surface area contributed by atoms with Crippen LogP contribution in [0.15, 0.2) is 11.1 Å². The van der Waals surface area contributed by atoms with Crippen LogP contribution in [0.25, 0.3) is 0 Å². The van der Waals surface area contributed by atoms with Crippen LogP contribution < -0.4 is 0 Å². The summed E-state index contributed by atoms with van der Waals surface area (Å²) in [4.78, 5) is 22.9. The van der Waals surface area contributed by atoms with Gasteiger partial charge in [0.1, 0.15) is 0 Å². The number of hydrogen-bond acceptors (Lipinski definition) is 5. The molecule has 82 valence electrons. The molecule has 0 saturated carbocycles. The standard InChI is InChI=1S/C10H12O5/c1-13-9(11)7-5-3-4-6(15-5)8(7)10(12)14-2/h5-6H,3-4H2,1-2H3. The van der Waals surface area contributed by atoms with Crippen LogP contribution in [0.5, 0.6) is 0 Å². The van der Waals surface area contributed by atoms with E-state index in [2.05, 4.69) is 9.47 Å². The van der Waals surface area contributed by atoms with E-state index in [1.54, 1.807) is 0 Å². The van der Waals surface area contributed by atoms with Gasteiger partial charge in [0.15, 0.2) is 0 Å². The van der Waals surface area contributed by atoms with Crippen molar-refractivity contribution in [3.63, 3.8) is 0 Å². The molecule has 2 bridgehead atoms. The largest absolute Gasteiger partial charge is 0.466 e. The lowest BCUT2D eigenvalue weighted by atomic mass is 9.92. The molecule has 0 aromatic heterocycles. The number of carbonyl (C=O) groups excluding carboxylic acids is 2. The van der Waals surface area contributed by atoms with Crippen LogP contribution >= 0.6 is 0 Å². The summed E-state index contributed by atoms with van der Waals surface area (Å²) in [5.74, 6) is -0.995. The number of fused-ring (bicyclic) bond motifs is 2. The van der Waals surface area contributed by atoms with Crippen molar-refractivity contribution in [1.82, 2.24) is 0 Å². The molecule has 2 aliphatic rings. The highest BCUT2D eigenvalue weighted by Gasteiger charge is 2.46. The Labute approximate surface area is 87.0 Å². The van der Waals surface area contributed by atoms with Crippen molar-refractivity contribution in [1.29, 1.82) is 0 Å². The zero-order valence-corrected chi connectivity index (χ0v) is 8.61. The van der Waals surface area contributed by atoms with Crippen molar-refractivity contribution in [2.24, 2.45) is 0 Å². The molecule has 2 atom stereocenters. The minimum atomic E-state index is -0.498. The minimum absolute atomic E-state index is 0.295. The van der Waals surface area contributed by atoms with Crippen molar-refractivity contribution >= 4 is 11.9 Å². The summed E-state index contributed by atoms with van der Waals surface area (Å²) in [5.41, 5.74) is 0.668. The molecule has 2 unspecified atom stereocenters. The quantitative estimate of drug-likeness (QED) is 0.611. The predicted octanol–water partition coefficient (Wildman–Crippen LogP) is 0.190. The lowest BCUT2D eigenvalue weighted by Gasteiger charge is -2.12. The number of carbonyl (C=O) groups is 2. The van der Waals surface area contributed by atoms with Crippen molar-refractivity contribution < 1.29 is 23.8 Å². The van der Waals surface area contributed by atoms with Gasteiger partial charge in [0.25, 0.3) is 0 Å². The maximum absolute atomic E-state index is 11.5. The molecule has 0 aliphatic carbocycles. The first-order chi connectivity index (χ1) is 7.19. The van der Waals surface area contributed by atoms with Crippen LogP contribution in [0.1, 0.15) is 12.8 Å². The summed E-state index contributed by atoms with van der Waals surface area (Å²) < 4.78 is 14.7. The van der Waals surface area contributed by atoms with Gasteiger partial charge in [-0.05, 0) is 12.8 Å². The molecule has 2 aliphatic heterocycles. The summed E-state index contributed by atoms with van der Waals surface area (Å²) in [6.07, 6.45) is 0.929. The number of esters is 2. The van der Waals surface area contributed by atoms with Gasteiger partial charge < -0.3 is 14.2 Å². The van der Waals surface area contributed by atoms with E-state index in [9.17, 15) is 9.59 Å². The first-order valence-corrected chi connectivity index (χ1v) is 4.75. The fraction of sp³-hybridized carbons (Fsp3) is 0.600. The van der Waals surface area contributed by atoms with Crippen molar-refractivity contribution in [3.05, 3.63) is 11.1 Å². The smallest absolute Gasteiger partial charge is 0.337 e. The topological polar surface area (TPSA) is 61.8 Å². The summed E-state index contributed by atoms with van der Waals surface area (Å²) in [7, 11) is 2.58. The van der Waals surface area contributed by atoms with Gasteiger partial charge in [-0.2, -0.15) is 0 Å². The average Bonchev–Trinajstić information content (AvgIpc) is 2.86. The minimum Gasteiger partial charge on any atom is -0.466 e. The lowest BCUT2D eigenvalue weighted by molar-refractivity contribution is -0.139. The predicted molar refractivity (Wildman–Crippen MR) is 49.0 cm³/mol. The zero-order chi connectivity index (χ0) is 11.0. The van der Waals surface area contributed by atoms with Crippen LogP contribution in [0, 0.1) is 0 Å². The highest BCUT2D eigenvalue weighted by atomic mass is 16.5. The molecule has 0 aromatic carbocycles. The Hall–Kier alpha value is -1.36. The Morgan fingerprint density at radius 2 is 1.47 bits per heavy atom. The van der Waals surface area contributed by atoms with E-state index in [0.29, 0.717) is 11.1 Å². The summed E-state index contributed by atoms with van der Waals surface area (Å²) in [5, 5.41) is 0. The first-order valence-electron chi connectivity index (χ1n) is 4.75. The molecule has 15 heavy (non-hydrogen) atoms. The van der Waals surface area contributed by atoms with Gasteiger partial charge in [0, 0.05) is 0 Å². The van der Waals surface area contributed by atoms with Crippen LogP contribution in [-0.4, -0.2) is 38.4 Å². The molecule has 0 radical (unpaired) electrons. The molecule has 1 saturated heterocycles. The number of hydrogen-bond donors (Lipinski definition) is 0. The van der Waals surface area contributed by atoms with Gasteiger partial charge in [0.05, 0.1) is 37.6 Å². The van der Waals surface area contributed by atoms with E-state index in [1.165, 1.54) is 14.2 Å². The maximum Gasteiger partial charge on any atom is 0.337 e. The second-order valence-corrected chi connectivity index (χ2v) is 3.50. The van der Waals surface area contributed by atoms with Gasteiger partial charge in [0.2, 0.25) is 0 Å². The van der Waals surface area contributed by atoms with Crippen molar-refractivity contribution in [2.45, 2.75) is 25.0 Å². The third kappa shape index (κ3) is 1.43. The van der Waals surface area contributed by atoms with E-state index < -0.39 is 11.9 Å². The van der Waals surface area contributed by atoms with E-state index in [0.717, 1.165) is 12.8 Å². The Morgan fingerprint density at radius 3 is 1.80 bits per heavy atom. The molecular weight excluding hydrogens is 200 g/mol. The Morgan fingerprint density at radius 1 is 1.07 bits per heavy atom. The van der Waals surface area contributed by atoms with E-state index in [1.807, 2.05) is 0 Å². The number of ether oxygens (including phenoxy) is 3. The molecule has 0 N–H and O–H groups in total. The Balaban J connectivity index is 2.39. The fourth-order valence-electron chi connectivity index (χ4n) is 2.11. The van der Waals surface area contributed by atoms with Gasteiger partial charge in [-0.1, -0.05) is 0 Å². The molecule has 2 heterocycles. The maximum atomic E-state index is 11.5. The monoisotopic (exact) mass is 212 g/mol. The van der Waals surface area contributed by atoms with Crippen LogP contribution in [0.4, 0.5) is 0 Å². The normalized spacial score (nSPS) is 28.1. The first kappa shape index (κ1) is 10.2. The number of rotatable bonds is 2. The van der Waals surface area contributed by atoms with E-state index >= 15 is 0 Å².